The van der Waals surface area contributed by atoms with Crippen molar-refractivity contribution in [2.45, 2.75) is 39.3 Å². The van der Waals surface area contributed by atoms with Gasteiger partial charge in [0.05, 0.1) is 23.7 Å². The average molecular weight is 397 g/mol. The Balaban J connectivity index is 1.91. The molecule has 1 aliphatic rings. The lowest BCUT2D eigenvalue weighted by atomic mass is 10.2. The molecular weight excluding hydrogens is 370 g/mol. The molecular formula is C19H27NO6S. The Morgan fingerprint density at radius 1 is 1.19 bits per heavy atom. The first-order valence-electron chi connectivity index (χ1n) is 9.00. The van der Waals surface area contributed by atoms with Gasteiger partial charge < -0.3 is 14.4 Å². The van der Waals surface area contributed by atoms with Crippen LogP contribution >= 0.6 is 0 Å². The lowest BCUT2D eigenvalue weighted by Crippen LogP contribution is -2.44. The largest absolute Gasteiger partial charge is 0.493 e. The number of likely N-dealkylation sites (N-methyl/N-ethyl adjacent to an activating group) is 1. The van der Waals surface area contributed by atoms with Gasteiger partial charge in [-0.05, 0) is 43.5 Å². The van der Waals surface area contributed by atoms with E-state index < -0.39 is 27.8 Å². The Labute approximate surface area is 160 Å². The molecule has 1 amide bonds. The normalized spacial score (nSPS) is 19.5. The van der Waals surface area contributed by atoms with Crippen LogP contribution in [0.25, 0.3) is 0 Å². The molecule has 0 aliphatic carbocycles. The Kier molecular flexibility index (Phi) is 6.86. The van der Waals surface area contributed by atoms with Crippen LogP contribution in [-0.2, 0) is 19.4 Å². The molecule has 2 atom stereocenters. The number of hydrogen-bond donors (Lipinski definition) is 0. The number of esters is 1. The average Bonchev–Trinajstić information content (AvgIpc) is 2.98. The minimum Gasteiger partial charge on any atom is -0.493 e. The van der Waals surface area contributed by atoms with E-state index in [0.29, 0.717) is 30.3 Å². The van der Waals surface area contributed by atoms with Gasteiger partial charge in [0.2, 0.25) is 0 Å². The number of rotatable bonds is 7. The van der Waals surface area contributed by atoms with Crippen molar-refractivity contribution in [3.63, 3.8) is 0 Å². The minimum absolute atomic E-state index is 0.0479. The van der Waals surface area contributed by atoms with Crippen molar-refractivity contribution in [2.24, 2.45) is 5.92 Å². The lowest BCUT2D eigenvalue weighted by molar-refractivity contribution is -0.140. The summed E-state index contributed by atoms with van der Waals surface area (Å²) >= 11 is 0. The third-order valence-electron chi connectivity index (χ3n) is 4.41. The van der Waals surface area contributed by atoms with Gasteiger partial charge >= 0.3 is 5.97 Å². The van der Waals surface area contributed by atoms with E-state index in [9.17, 15) is 18.0 Å². The van der Waals surface area contributed by atoms with Crippen LogP contribution in [0.5, 0.6) is 5.75 Å². The first-order valence-corrected chi connectivity index (χ1v) is 10.8. The van der Waals surface area contributed by atoms with Crippen molar-refractivity contribution >= 4 is 21.7 Å². The van der Waals surface area contributed by atoms with Gasteiger partial charge in [-0.2, -0.15) is 0 Å². The summed E-state index contributed by atoms with van der Waals surface area (Å²) in [4.78, 5) is 26.1. The third kappa shape index (κ3) is 5.95. The summed E-state index contributed by atoms with van der Waals surface area (Å²) < 4.78 is 34.0. The summed E-state index contributed by atoms with van der Waals surface area (Å²) in [7, 11) is -1.55. The summed E-state index contributed by atoms with van der Waals surface area (Å²) in [6.45, 7) is 6.16. The maximum Gasteiger partial charge on any atom is 0.338 e. The van der Waals surface area contributed by atoms with E-state index in [0.717, 1.165) is 0 Å². The molecule has 1 saturated heterocycles. The maximum atomic E-state index is 12.4. The Morgan fingerprint density at radius 3 is 2.33 bits per heavy atom. The van der Waals surface area contributed by atoms with Crippen molar-refractivity contribution in [1.82, 2.24) is 4.90 Å². The number of carbonyl (C=O) groups excluding carboxylic acids is 2. The van der Waals surface area contributed by atoms with E-state index in [1.807, 2.05) is 13.8 Å². The highest BCUT2D eigenvalue weighted by molar-refractivity contribution is 7.91. The van der Waals surface area contributed by atoms with Crippen molar-refractivity contribution in [2.75, 3.05) is 25.2 Å². The van der Waals surface area contributed by atoms with Crippen LogP contribution in [0.2, 0.25) is 0 Å². The van der Waals surface area contributed by atoms with Gasteiger partial charge in [-0.1, -0.05) is 13.8 Å². The summed E-state index contributed by atoms with van der Waals surface area (Å²) in [5, 5.41) is 0. The van der Waals surface area contributed by atoms with Crippen molar-refractivity contribution < 1.29 is 27.5 Å². The number of ether oxygens (including phenoxy) is 2. The van der Waals surface area contributed by atoms with Gasteiger partial charge in [-0.15, -0.1) is 0 Å². The summed E-state index contributed by atoms with van der Waals surface area (Å²) in [5.74, 6) is 0.0588. The fraction of sp³-hybridized carbons (Fsp3) is 0.579. The maximum absolute atomic E-state index is 12.4. The number of sulfone groups is 1. The summed E-state index contributed by atoms with van der Waals surface area (Å²) in [5.41, 5.74) is 0.317. The van der Waals surface area contributed by atoms with Crippen LogP contribution in [0.15, 0.2) is 24.3 Å². The zero-order valence-electron chi connectivity index (χ0n) is 16.2. The van der Waals surface area contributed by atoms with Crippen LogP contribution in [0.1, 0.15) is 37.6 Å². The molecule has 8 heteroatoms. The van der Waals surface area contributed by atoms with E-state index in [1.165, 1.54) is 11.8 Å². The number of carbonyl (C=O) groups is 2. The van der Waals surface area contributed by atoms with Gasteiger partial charge in [0.15, 0.2) is 15.9 Å². The Morgan fingerprint density at radius 2 is 1.81 bits per heavy atom. The second kappa shape index (κ2) is 8.73. The Bertz CT molecular complexity index is 772. The molecule has 2 rings (SSSR count). The molecule has 1 heterocycles. The van der Waals surface area contributed by atoms with Crippen molar-refractivity contribution in [1.29, 1.82) is 0 Å². The minimum atomic E-state index is -3.09. The molecule has 7 nitrogen and oxygen atoms in total. The zero-order valence-corrected chi connectivity index (χ0v) is 17.0. The lowest BCUT2D eigenvalue weighted by Gasteiger charge is -2.26. The van der Waals surface area contributed by atoms with Crippen LogP contribution in [0.3, 0.4) is 0 Å². The molecule has 0 N–H and O–H groups in total. The van der Waals surface area contributed by atoms with E-state index in [2.05, 4.69) is 0 Å². The second-order valence-electron chi connectivity index (χ2n) is 7.28. The summed E-state index contributed by atoms with van der Waals surface area (Å²) in [6, 6.07) is 6.16. The molecule has 0 aromatic heterocycles. The van der Waals surface area contributed by atoms with Gasteiger partial charge in [0.25, 0.3) is 5.91 Å². The van der Waals surface area contributed by atoms with Crippen LogP contribution in [0, 0.1) is 5.92 Å². The van der Waals surface area contributed by atoms with Crippen molar-refractivity contribution in [3.05, 3.63) is 29.8 Å². The predicted molar refractivity (Wildman–Crippen MR) is 101 cm³/mol. The highest BCUT2D eigenvalue weighted by Crippen LogP contribution is 2.19. The molecule has 0 bridgehead atoms. The quantitative estimate of drug-likeness (QED) is 0.653. The van der Waals surface area contributed by atoms with Gasteiger partial charge in [0, 0.05) is 13.1 Å². The third-order valence-corrected chi connectivity index (χ3v) is 6.16. The molecule has 0 unspecified atom stereocenters. The molecule has 1 aromatic carbocycles. The smallest absolute Gasteiger partial charge is 0.338 e. The predicted octanol–water partition coefficient (Wildman–Crippen LogP) is 1.91. The van der Waals surface area contributed by atoms with Crippen LogP contribution < -0.4 is 4.74 Å². The van der Waals surface area contributed by atoms with Gasteiger partial charge in [0.1, 0.15) is 5.75 Å². The van der Waals surface area contributed by atoms with Crippen LogP contribution in [-0.4, -0.2) is 62.5 Å². The van der Waals surface area contributed by atoms with Crippen LogP contribution in [0.4, 0.5) is 0 Å². The van der Waals surface area contributed by atoms with Crippen molar-refractivity contribution in [3.8, 4) is 5.75 Å². The number of nitrogens with zero attached hydrogens (tertiary/aromatic N) is 1. The van der Waals surface area contributed by atoms with E-state index in [1.54, 1.807) is 31.3 Å². The number of amides is 1. The summed E-state index contributed by atoms with van der Waals surface area (Å²) in [6.07, 6.45) is -0.592. The van der Waals surface area contributed by atoms with Gasteiger partial charge in [-0.25, -0.2) is 13.2 Å². The highest BCUT2D eigenvalue weighted by atomic mass is 32.2. The molecule has 1 aliphatic heterocycles. The molecule has 150 valence electrons. The zero-order chi connectivity index (χ0) is 20.2. The second-order valence-corrected chi connectivity index (χ2v) is 9.51. The monoisotopic (exact) mass is 397 g/mol. The molecule has 0 spiro atoms. The molecule has 0 radical (unpaired) electrons. The molecule has 27 heavy (non-hydrogen) atoms. The molecule has 1 aromatic rings. The number of benzene rings is 1. The van der Waals surface area contributed by atoms with E-state index in [4.69, 9.17) is 9.47 Å². The first kappa shape index (κ1) is 21.2. The van der Waals surface area contributed by atoms with Gasteiger partial charge in [-0.3, -0.25) is 4.79 Å². The standard InChI is InChI=1S/C19H27NO6S/c1-13(2)11-25-17-7-5-15(6-8-17)19(22)26-14(3)18(21)20(4)16-9-10-27(23,24)12-16/h5-8,13-14,16H,9-12H2,1-4H3/t14-,16-/m0/s1. The van der Waals surface area contributed by atoms with E-state index in [-0.39, 0.29) is 17.5 Å². The fourth-order valence-corrected chi connectivity index (χ4v) is 4.55. The topological polar surface area (TPSA) is 90.0 Å². The SMILES string of the molecule is CC(C)COc1ccc(C(=O)O[C@@H](C)C(=O)N(C)[C@H]2CCS(=O)(=O)C2)cc1. The Hall–Kier alpha value is -2.09. The first-order chi connectivity index (χ1) is 12.6. The fourth-order valence-electron chi connectivity index (χ4n) is 2.78. The number of hydrogen-bond acceptors (Lipinski definition) is 6. The highest BCUT2D eigenvalue weighted by Gasteiger charge is 2.35. The molecule has 0 saturated carbocycles. The van der Waals surface area contributed by atoms with E-state index >= 15 is 0 Å². The molecule has 1 fully saturated rings.